The number of hydrogen-bond donors (Lipinski definition) is 1. The minimum absolute atomic E-state index is 0.00908. The molecule has 1 atom stereocenters. The molecule has 6 nitrogen and oxygen atoms in total. The molecule has 2 aromatic carbocycles. The van der Waals surface area contributed by atoms with E-state index in [1.165, 1.54) is 0 Å². The highest BCUT2D eigenvalue weighted by atomic mass is 16.5. The summed E-state index contributed by atoms with van der Waals surface area (Å²) in [7, 11) is 3.17. The SMILES string of the molecule is COc1ccc(C(=O)N[C@H]2CC(=O)N(c3ccc(OC)cc3)C2)cc1. The van der Waals surface area contributed by atoms with Gasteiger partial charge in [0, 0.05) is 24.2 Å². The molecule has 0 spiro atoms. The Balaban J connectivity index is 1.64. The summed E-state index contributed by atoms with van der Waals surface area (Å²) in [4.78, 5) is 26.3. The number of carbonyl (C=O) groups excluding carboxylic acids is 2. The van der Waals surface area contributed by atoms with Gasteiger partial charge in [-0.3, -0.25) is 9.59 Å². The number of amides is 2. The number of rotatable bonds is 5. The van der Waals surface area contributed by atoms with Crippen molar-refractivity contribution in [3.63, 3.8) is 0 Å². The van der Waals surface area contributed by atoms with Crippen molar-refractivity contribution in [2.45, 2.75) is 12.5 Å². The number of nitrogens with zero attached hydrogens (tertiary/aromatic N) is 1. The van der Waals surface area contributed by atoms with E-state index in [2.05, 4.69) is 5.32 Å². The van der Waals surface area contributed by atoms with Gasteiger partial charge in [-0.25, -0.2) is 0 Å². The van der Waals surface area contributed by atoms with Crippen LogP contribution in [-0.4, -0.2) is 38.6 Å². The second-order valence-corrected chi connectivity index (χ2v) is 5.81. The van der Waals surface area contributed by atoms with Crippen molar-refractivity contribution >= 4 is 17.5 Å². The predicted molar refractivity (Wildman–Crippen MR) is 94.2 cm³/mol. The van der Waals surface area contributed by atoms with Crippen LogP contribution < -0.4 is 19.7 Å². The van der Waals surface area contributed by atoms with Crippen LogP contribution in [0, 0.1) is 0 Å². The summed E-state index contributed by atoms with van der Waals surface area (Å²) in [5, 5.41) is 2.92. The molecule has 1 aliphatic rings. The third-order valence-corrected chi connectivity index (χ3v) is 4.20. The third kappa shape index (κ3) is 3.74. The number of nitrogens with one attached hydrogen (secondary N) is 1. The molecule has 1 fully saturated rings. The van der Waals surface area contributed by atoms with Crippen LogP contribution in [-0.2, 0) is 4.79 Å². The molecule has 0 saturated carbocycles. The van der Waals surface area contributed by atoms with E-state index in [1.54, 1.807) is 43.4 Å². The van der Waals surface area contributed by atoms with Crippen molar-refractivity contribution in [2.24, 2.45) is 0 Å². The zero-order valence-corrected chi connectivity index (χ0v) is 14.2. The lowest BCUT2D eigenvalue weighted by molar-refractivity contribution is -0.117. The number of anilines is 1. The number of benzene rings is 2. The Hall–Kier alpha value is -3.02. The van der Waals surface area contributed by atoms with Crippen molar-refractivity contribution in [1.82, 2.24) is 5.32 Å². The normalized spacial score (nSPS) is 16.6. The maximum atomic E-state index is 12.3. The first-order valence-corrected chi connectivity index (χ1v) is 8.00. The highest BCUT2D eigenvalue weighted by Crippen LogP contribution is 2.24. The second kappa shape index (κ2) is 7.25. The quantitative estimate of drug-likeness (QED) is 0.906. The Kier molecular flexibility index (Phi) is 4.88. The topological polar surface area (TPSA) is 67.9 Å². The fourth-order valence-electron chi connectivity index (χ4n) is 2.83. The van der Waals surface area contributed by atoms with E-state index in [9.17, 15) is 9.59 Å². The monoisotopic (exact) mass is 340 g/mol. The molecule has 0 aromatic heterocycles. The van der Waals surface area contributed by atoms with E-state index in [-0.39, 0.29) is 24.3 Å². The van der Waals surface area contributed by atoms with Crippen LogP contribution in [0.5, 0.6) is 11.5 Å². The molecule has 25 heavy (non-hydrogen) atoms. The van der Waals surface area contributed by atoms with E-state index in [1.807, 2.05) is 24.3 Å². The van der Waals surface area contributed by atoms with Crippen LogP contribution in [0.3, 0.4) is 0 Å². The van der Waals surface area contributed by atoms with Crippen molar-refractivity contribution in [3.8, 4) is 11.5 Å². The summed E-state index contributed by atoms with van der Waals surface area (Å²) in [6.45, 7) is 0.451. The van der Waals surface area contributed by atoms with Crippen LogP contribution in [0.2, 0.25) is 0 Å². The van der Waals surface area contributed by atoms with Gasteiger partial charge in [0.2, 0.25) is 5.91 Å². The fourth-order valence-corrected chi connectivity index (χ4v) is 2.83. The molecule has 2 amide bonds. The van der Waals surface area contributed by atoms with Crippen molar-refractivity contribution < 1.29 is 19.1 Å². The van der Waals surface area contributed by atoms with Crippen molar-refractivity contribution in [3.05, 3.63) is 54.1 Å². The molecule has 1 aliphatic heterocycles. The molecule has 1 N–H and O–H groups in total. The Labute approximate surface area is 146 Å². The van der Waals surface area contributed by atoms with Gasteiger partial charge in [0.05, 0.1) is 20.3 Å². The first-order valence-electron chi connectivity index (χ1n) is 8.00. The molecule has 0 bridgehead atoms. The standard InChI is InChI=1S/C19H20N2O4/c1-24-16-7-3-13(4-8-16)19(23)20-14-11-18(22)21(12-14)15-5-9-17(25-2)10-6-15/h3-10,14H,11-12H2,1-2H3,(H,20,23)/t14-/m0/s1. The van der Waals surface area contributed by atoms with Gasteiger partial charge in [-0.2, -0.15) is 0 Å². The van der Waals surface area contributed by atoms with E-state index >= 15 is 0 Å². The van der Waals surface area contributed by atoms with E-state index < -0.39 is 0 Å². The summed E-state index contributed by atoms with van der Waals surface area (Å²) in [5.74, 6) is 1.22. The Morgan fingerprint density at radius 1 is 1.00 bits per heavy atom. The molecular weight excluding hydrogens is 320 g/mol. The zero-order valence-electron chi connectivity index (χ0n) is 14.2. The van der Waals surface area contributed by atoms with E-state index in [4.69, 9.17) is 9.47 Å². The van der Waals surface area contributed by atoms with Gasteiger partial charge in [0.1, 0.15) is 11.5 Å². The molecule has 130 valence electrons. The van der Waals surface area contributed by atoms with E-state index in [0.29, 0.717) is 17.9 Å². The lowest BCUT2D eigenvalue weighted by Crippen LogP contribution is -2.37. The van der Waals surface area contributed by atoms with Gasteiger partial charge < -0.3 is 19.7 Å². The van der Waals surface area contributed by atoms with Gasteiger partial charge in [0.25, 0.3) is 5.91 Å². The van der Waals surface area contributed by atoms with Crippen LogP contribution in [0.4, 0.5) is 5.69 Å². The average molecular weight is 340 g/mol. The lowest BCUT2D eigenvalue weighted by atomic mass is 10.2. The largest absolute Gasteiger partial charge is 0.497 e. The van der Waals surface area contributed by atoms with Gasteiger partial charge in [-0.05, 0) is 48.5 Å². The highest BCUT2D eigenvalue weighted by Gasteiger charge is 2.31. The van der Waals surface area contributed by atoms with Crippen LogP contribution >= 0.6 is 0 Å². The smallest absolute Gasteiger partial charge is 0.251 e. The molecule has 0 unspecified atom stereocenters. The fraction of sp³-hybridized carbons (Fsp3) is 0.263. The zero-order chi connectivity index (χ0) is 17.8. The Morgan fingerprint density at radius 2 is 1.56 bits per heavy atom. The summed E-state index contributed by atoms with van der Waals surface area (Å²) in [6, 6.07) is 14.0. The second-order valence-electron chi connectivity index (χ2n) is 5.81. The van der Waals surface area contributed by atoms with Crippen molar-refractivity contribution in [2.75, 3.05) is 25.7 Å². The minimum Gasteiger partial charge on any atom is -0.497 e. The van der Waals surface area contributed by atoms with Gasteiger partial charge in [0.15, 0.2) is 0 Å². The number of hydrogen-bond acceptors (Lipinski definition) is 4. The highest BCUT2D eigenvalue weighted by molar-refractivity contribution is 5.99. The average Bonchev–Trinajstić information content (AvgIpc) is 3.02. The molecule has 1 heterocycles. The van der Waals surface area contributed by atoms with Gasteiger partial charge in [-0.1, -0.05) is 0 Å². The molecular formula is C19H20N2O4. The molecule has 0 aliphatic carbocycles. The minimum atomic E-state index is -0.218. The molecule has 6 heteroatoms. The summed E-state index contributed by atoms with van der Waals surface area (Å²) in [6.07, 6.45) is 0.286. The Morgan fingerprint density at radius 3 is 2.12 bits per heavy atom. The predicted octanol–water partition coefficient (Wildman–Crippen LogP) is 2.24. The lowest BCUT2D eigenvalue weighted by Gasteiger charge is -2.17. The first kappa shape index (κ1) is 16.8. The maximum Gasteiger partial charge on any atom is 0.251 e. The van der Waals surface area contributed by atoms with Gasteiger partial charge in [-0.15, -0.1) is 0 Å². The van der Waals surface area contributed by atoms with E-state index in [0.717, 1.165) is 11.4 Å². The molecule has 1 saturated heterocycles. The molecule has 3 rings (SSSR count). The van der Waals surface area contributed by atoms with Crippen LogP contribution in [0.25, 0.3) is 0 Å². The Bertz CT molecular complexity index is 756. The molecule has 0 radical (unpaired) electrons. The summed E-state index contributed by atoms with van der Waals surface area (Å²) in [5.41, 5.74) is 1.34. The number of carbonyl (C=O) groups is 2. The first-order chi connectivity index (χ1) is 12.1. The molecule has 2 aromatic rings. The van der Waals surface area contributed by atoms with Crippen LogP contribution in [0.1, 0.15) is 16.8 Å². The summed E-state index contributed by atoms with van der Waals surface area (Å²) >= 11 is 0. The number of ether oxygens (including phenoxy) is 2. The third-order valence-electron chi connectivity index (χ3n) is 4.20. The van der Waals surface area contributed by atoms with Crippen molar-refractivity contribution in [1.29, 1.82) is 0 Å². The maximum absolute atomic E-state index is 12.3. The van der Waals surface area contributed by atoms with Crippen LogP contribution in [0.15, 0.2) is 48.5 Å². The summed E-state index contributed by atoms with van der Waals surface area (Å²) < 4.78 is 10.2. The van der Waals surface area contributed by atoms with Gasteiger partial charge >= 0.3 is 0 Å². The number of methoxy groups -OCH3 is 2.